The fourth-order valence-electron chi connectivity index (χ4n) is 1.64. The fraction of sp³-hybridized carbons (Fsp3) is 0.182. The molecule has 0 aliphatic rings. The van der Waals surface area contributed by atoms with Gasteiger partial charge in [0.25, 0.3) is 11.6 Å². The molecule has 0 unspecified atom stereocenters. The molecule has 1 heterocycles. The zero-order chi connectivity index (χ0) is 15.4. The fourth-order valence-corrected chi connectivity index (χ4v) is 2.32. The number of rotatable bonds is 5. The number of hydrogen-bond acceptors (Lipinski definition) is 8. The van der Waals surface area contributed by atoms with E-state index < -0.39 is 10.8 Å². The number of nitro benzene ring substituents is 1. The summed E-state index contributed by atoms with van der Waals surface area (Å²) in [5, 5.41) is 22.3. The van der Waals surface area contributed by atoms with Crippen molar-refractivity contribution in [3.8, 4) is 0 Å². The summed E-state index contributed by atoms with van der Waals surface area (Å²) >= 11 is 1.24. The molecular weight excluding hydrogens is 296 g/mol. The van der Waals surface area contributed by atoms with Crippen molar-refractivity contribution in [1.82, 2.24) is 10.2 Å². The standard InChI is InChI=1S/C11H12N6O3S/c1-2-8-15-16-11(21-8)13-10(18)6-4-3-5-7(17(19)20)9(6)14-12/h3-5,14H,2,12H2,1H3,(H,13,16,18). The molecule has 1 aromatic heterocycles. The number of nitrogens with two attached hydrogens (primary N) is 1. The second kappa shape index (κ2) is 6.24. The van der Waals surface area contributed by atoms with E-state index in [1.165, 1.54) is 29.5 Å². The molecule has 0 saturated heterocycles. The van der Waals surface area contributed by atoms with Crippen molar-refractivity contribution in [3.63, 3.8) is 0 Å². The number of nitro groups is 1. The van der Waals surface area contributed by atoms with E-state index in [-0.39, 0.29) is 16.9 Å². The molecule has 0 atom stereocenters. The Bertz CT molecular complexity index is 686. The number of nitrogens with one attached hydrogen (secondary N) is 2. The van der Waals surface area contributed by atoms with Gasteiger partial charge in [0.1, 0.15) is 10.7 Å². The number of nitrogens with zero attached hydrogens (tertiary/aromatic N) is 3. The van der Waals surface area contributed by atoms with Gasteiger partial charge in [-0.2, -0.15) is 0 Å². The van der Waals surface area contributed by atoms with Crippen LogP contribution in [0.1, 0.15) is 22.3 Å². The number of benzene rings is 1. The van der Waals surface area contributed by atoms with E-state index in [0.29, 0.717) is 11.6 Å². The molecule has 0 aliphatic heterocycles. The van der Waals surface area contributed by atoms with E-state index in [1.54, 1.807) is 0 Å². The molecule has 4 N–H and O–H groups in total. The van der Waals surface area contributed by atoms with Crippen molar-refractivity contribution in [2.75, 3.05) is 10.7 Å². The number of carbonyl (C=O) groups excluding carboxylic acids is 1. The first kappa shape index (κ1) is 14.8. The van der Waals surface area contributed by atoms with Crippen LogP contribution in [0.15, 0.2) is 18.2 Å². The van der Waals surface area contributed by atoms with E-state index in [4.69, 9.17) is 5.84 Å². The molecule has 9 nitrogen and oxygen atoms in total. The van der Waals surface area contributed by atoms with Crippen molar-refractivity contribution in [1.29, 1.82) is 0 Å². The summed E-state index contributed by atoms with van der Waals surface area (Å²) in [5.41, 5.74) is 1.91. The van der Waals surface area contributed by atoms with Crippen molar-refractivity contribution < 1.29 is 9.72 Å². The lowest BCUT2D eigenvalue weighted by molar-refractivity contribution is -0.384. The van der Waals surface area contributed by atoms with Gasteiger partial charge < -0.3 is 5.43 Å². The molecule has 1 amide bonds. The molecular formula is C11H12N6O3S. The van der Waals surface area contributed by atoms with Crippen LogP contribution in [-0.2, 0) is 6.42 Å². The highest BCUT2D eigenvalue weighted by atomic mass is 32.1. The van der Waals surface area contributed by atoms with Crippen LogP contribution in [0.2, 0.25) is 0 Å². The molecule has 0 saturated carbocycles. The number of carbonyl (C=O) groups is 1. The smallest absolute Gasteiger partial charge is 0.294 e. The van der Waals surface area contributed by atoms with Gasteiger partial charge in [-0.05, 0) is 12.5 Å². The maximum absolute atomic E-state index is 12.2. The summed E-state index contributed by atoms with van der Waals surface area (Å²) < 4.78 is 0. The van der Waals surface area contributed by atoms with Crippen LogP contribution in [0.3, 0.4) is 0 Å². The van der Waals surface area contributed by atoms with Gasteiger partial charge in [0.05, 0.1) is 10.5 Å². The number of hydrogen-bond donors (Lipinski definition) is 3. The van der Waals surface area contributed by atoms with Gasteiger partial charge in [0, 0.05) is 6.07 Å². The zero-order valence-corrected chi connectivity index (χ0v) is 11.8. The third kappa shape index (κ3) is 3.12. The molecule has 10 heteroatoms. The Balaban J connectivity index is 2.30. The Morgan fingerprint density at radius 3 is 2.81 bits per heavy atom. The first-order valence-corrected chi connectivity index (χ1v) is 6.76. The number of hydrazine groups is 1. The largest absolute Gasteiger partial charge is 0.318 e. The van der Waals surface area contributed by atoms with E-state index in [2.05, 4.69) is 20.9 Å². The topological polar surface area (TPSA) is 136 Å². The van der Waals surface area contributed by atoms with E-state index in [9.17, 15) is 14.9 Å². The minimum atomic E-state index is -0.619. The normalized spacial score (nSPS) is 10.2. The third-order valence-corrected chi connectivity index (χ3v) is 3.60. The molecule has 1 aromatic carbocycles. The second-order valence-electron chi connectivity index (χ2n) is 3.91. The first-order chi connectivity index (χ1) is 10.1. The predicted octanol–water partition coefficient (Wildman–Crippen LogP) is 1.55. The lowest BCUT2D eigenvalue weighted by atomic mass is 10.1. The van der Waals surface area contributed by atoms with Gasteiger partial charge in [-0.15, -0.1) is 10.2 Å². The summed E-state index contributed by atoms with van der Waals surface area (Å²) in [5.74, 6) is 4.74. The molecule has 2 aromatic rings. The highest BCUT2D eigenvalue weighted by Crippen LogP contribution is 2.28. The lowest BCUT2D eigenvalue weighted by Gasteiger charge is -2.08. The van der Waals surface area contributed by atoms with Crippen molar-refractivity contribution in [2.24, 2.45) is 5.84 Å². The monoisotopic (exact) mass is 308 g/mol. The SMILES string of the molecule is CCc1nnc(NC(=O)c2cccc([N+](=O)[O-])c2NN)s1. The Kier molecular flexibility index (Phi) is 4.40. The van der Waals surface area contributed by atoms with Crippen molar-refractivity contribution >= 4 is 33.8 Å². The lowest BCUT2D eigenvalue weighted by Crippen LogP contribution is -2.18. The molecule has 0 fully saturated rings. The van der Waals surface area contributed by atoms with Crippen LogP contribution in [0.4, 0.5) is 16.5 Å². The maximum Gasteiger partial charge on any atom is 0.294 e. The zero-order valence-electron chi connectivity index (χ0n) is 11.0. The number of nitrogen functional groups attached to an aromatic ring is 1. The number of aryl methyl sites for hydroxylation is 1. The Morgan fingerprint density at radius 2 is 2.24 bits per heavy atom. The van der Waals surface area contributed by atoms with E-state index in [1.807, 2.05) is 6.92 Å². The summed E-state index contributed by atoms with van der Waals surface area (Å²) in [6, 6.07) is 4.09. The average molecular weight is 308 g/mol. The van der Waals surface area contributed by atoms with Gasteiger partial charge in [-0.3, -0.25) is 26.1 Å². The molecule has 0 aliphatic carbocycles. The quantitative estimate of drug-likeness (QED) is 0.433. The van der Waals surface area contributed by atoms with Gasteiger partial charge in [0.15, 0.2) is 0 Å². The summed E-state index contributed by atoms with van der Waals surface area (Å²) in [6.07, 6.45) is 0.708. The molecule has 0 radical (unpaired) electrons. The Morgan fingerprint density at radius 1 is 1.48 bits per heavy atom. The first-order valence-electron chi connectivity index (χ1n) is 5.94. The Labute approximate surface area is 123 Å². The van der Waals surface area contributed by atoms with Crippen LogP contribution in [-0.4, -0.2) is 21.0 Å². The minimum absolute atomic E-state index is 0.0553. The van der Waals surface area contributed by atoms with Crippen LogP contribution in [0.5, 0.6) is 0 Å². The molecule has 0 bridgehead atoms. The highest BCUT2D eigenvalue weighted by Gasteiger charge is 2.21. The number of para-hydroxylation sites is 1. The second-order valence-corrected chi connectivity index (χ2v) is 4.97. The van der Waals surface area contributed by atoms with Crippen LogP contribution < -0.4 is 16.6 Å². The van der Waals surface area contributed by atoms with E-state index in [0.717, 1.165) is 5.01 Å². The van der Waals surface area contributed by atoms with Crippen molar-refractivity contribution in [2.45, 2.75) is 13.3 Å². The Hall–Kier alpha value is -2.59. The summed E-state index contributed by atoms with van der Waals surface area (Å²) in [4.78, 5) is 22.5. The van der Waals surface area contributed by atoms with Crippen LogP contribution in [0.25, 0.3) is 0 Å². The molecule has 21 heavy (non-hydrogen) atoms. The van der Waals surface area contributed by atoms with Gasteiger partial charge in [-0.25, -0.2) is 0 Å². The molecule has 2 rings (SSSR count). The predicted molar refractivity (Wildman–Crippen MR) is 78.1 cm³/mol. The minimum Gasteiger partial charge on any atom is -0.318 e. The summed E-state index contributed by atoms with van der Waals surface area (Å²) in [6.45, 7) is 1.92. The van der Waals surface area contributed by atoms with Gasteiger partial charge >= 0.3 is 0 Å². The number of amides is 1. The van der Waals surface area contributed by atoms with E-state index >= 15 is 0 Å². The van der Waals surface area contributed by atoms with Crippen LogP contribution in [0, 0.1) is 10.1 Å². The van der Waals surface area contributed by atoms with Gasteiger partial charge in [-0.1, -0.05) is 24.3 Å². The summed E-state index contributed by atoms with van der Waals surface area (Å²) in [7, 11) is 0. The molecule has 110 valence electrons. The van der Waals surface area contributed by atoms with Gasteiger partial charge in [0.2, 0.25) is 5.13 Å². The molecule has 0 spiro atoms. The third-order valence-electron chi connectivity index (χ3n) is 2.62. The maximum atomic E-state index is 12.2. The van der Waals surface area contributed by atoms with Crippen LogP contribution >= 0.6 is 11.3 Å². The average Bonchev–Trinajstić information content (AvgIpc) is 2.93. The number of anilines is 2. The van der Waals surface area contributed by atoms with Crippen molar-refractivity contribution in [3.05, 3.63) is 38.9 Å². The highest BCUT2D eigenvalue weighted by molar-refractivity contribution is 7.15. The number of aromatic nitrogens is 2.